The Kier molecular flexibility index (Phi) is 2.89. The molecular weight excluding hydrogens is 229 g/mol. The Labute approximate surface area is 107 Å². The molecule has 2 atom stereocenters. The van der Waals surface area contributed by atoms with Crippen LogP contribution in [-0.4, -0.2) is 32.5 Å². The highest BCUT2D eigenvalue weighted by molar-refractivity contribution is 6.57. The average molecular weight is 245 g/mol. The predicted octanol–water partition coefficient (Wildman–Crippen LogP) is 1.11. The molecule has 0 fully saturated rings. The second-order valence-electron chi connectivity index (χ2n) is 4.60. The number of rotatable bonds is 2. The van der Waals surface area contributed by atoms with Crippen LogP contribution in [0.4, 0.5) is 0 Å². The van der Waals surface area contributed by atoms with Gasteiger partial charge < -0.3 is 19.8 Å². The average Bonchev–Trinajstić information content (AvgIpc) is 2.57. The van der Waals surface area contributed by atoms with Crippen molar-refractivity contribution in [1.29, 1.82) is 0 Å². The van der Waals surface area contributed by atoms with Gasteiger partial charge in [-0.25, -0.2) is 0 Å². The largest absolute Gasteiger partial charge is 0.497 e. The van der Waals surface area contributed by atoms with E-state index in [4.69, 9.17) is 19.8 Å². The van der Waals surface area contributed by atoms with Crippen LogP contribution in [0.15, 0.2) is 47.2 Å². The summed E-state index contributed by atoms with van der Waals surface area (Å²) < 4.78 is 17.2. The van der Waals surface area contributed by atoms with Crippen molar-refractivity contribution >= 4 is 7.12 Å². The highest BCUT2D eigenvalue weighted by atomic mass is 16.6. The summed E-state index contributed by atoms with van der Waals surface area (Å²) in [6.07, 6.45) is 5.34. The van der Waals surface area contributed by atoms with Gasteiger partial charge in [-0.3, -0.25) is 0 Å². The van der Waals surface area contributed by atoms with Crippen LogP contribution < -0.4 is 5.73 Å². The molecule has 0 aromatic rings. The lowest BCUT2D eigenvalue weighted by Crippen LogP contribution is -2.39. The van der Waals surface area contributed by atoms with Crippen LogP contribution in [-0.2, 0) is 14.0 Å². The van der Waals surface area contributed by atoms with E-state index in [0.717, 1.165) is 22.2 Å². The maximum absolute atomic E-state index is 5.90. The van der Waals surface area contributed by atoms with Crippen molar-refractivity contribution in [2.75, 3.05) is 13.2 Å². The highest BCUT2D eigenvalue weighted by Crippen LogP contribution is 2.39. The summed E-state index contributed by atoms with van der Waals surface area (Å²) in [5, 5.41) is 0. The van der Waals surface area contributed by atoms with Crippen LogP contribution in [0.25, 0.3) is 0 Å². The molecule has 3 heterocycles. The SMILES string of the molecule is C=CC1=C2C=COCC3=C2B(OC3C)O[C@@H]1CN. The van der Waals surface area contributed by atoms with Gasteiger partial charge in [0.2, 0.25) is 0 Å². The van der Waals surface area contributed by atoms with Gasteiger partial charge in [0, 0.05) is 6.54 Å². The number of hydrogen-bond acceptors (Lipinski definition) is 4. The Morgan fingerprint density at radius 3 is 3.11 bits per heavy atom. The van der Waals surface area contributed by atoms with Gasteiger partial charge in [-0.05, 0) is 35.2 Å². The first-order chi connectivity index (χ1) is 8.76. The van der Waals surface area contributed by atoms with E-state index in [1.165, 1.54) is 0 Å². The molecule has 0 saturated heterocycles. The summed E-state index contributed by atoms with van der Waals surface area (Å²) in [6.45, 7) is 6.84. The Morgan fingerprint density at radius 2 is 2.39 bits per heavy atom. The minimum atomic E-state index is -0.325. The first-order valence-corrected chi connectivity index (χ1v) is 6.15. The minimum Gasteiger partial charge on any atom is -0.497 e. The molecule has 0 bridgehead atoms. The van der Waals surface area contributed by atoms with Gasteiger partial charge in [0.05, 0.1) is 18.5 Å². The van der Waals surface area contributed by atoms with Gasteiger partial charge in [0.15, 0.2) is 0 Å². The van der Waals surface area contributed by atoms with Gasteiger partial charge in [0.25, 0.3) is 0 Å². The lowest BCUT2D eigenvalue weighted by Gasteiger charge is -2.29. The topological polar surface area (TPSA) is 53.7 Å². The molecule has 3 aliphatic rings. The molecule has 0 aromatic carbocycles. The zero-order valence-corrected chi connectivity index (χ0v) is 10.4. The minimum absolute atomic E-state index is 0.0162. The number of ether oxygens (including phenoxy) is 1. The van der Waals surface area contributed by atoms with Crippen molar-refractivity contribution in [1.82, 2.24) is 0 Å². The van der Waals surface area contributed by atoms with E-state index < -0.39 is 0 Å². The van der Waals surface area contributed by atoms with E-state index in [2.05, 4.69) is 6.58 Å². The summed E-state index contributed by atoms with van der Waals surface area (Å²) >= 11 is 0. The van der Waals surface area contributed by atoms with Crippen molar-refractivity contribution in [3.63, 3.8) is 0 Å². The summed E-state index contributed by atoms with van der Waals surface area (Å²) in [6, 6.07) is 0. The van der Waals surface area contributed by atoms with Gasteiger partial charge in [-0.15, -0.1) is 0 Å². The molecule has 0 saturated carbocycles. The first-order valence-electron chi connectivity index (χ1n) is 6.15. The zero-order chi connectivity index (χ0) is 12.7. The molecule has 0 spiro atoms. The van der Waals surface area contributed by atoms with Crippen molar-refractivity contribution < 1.29 is 14.0 Å². The molecule has 2 N–H and O–H groups in total. The van der Waals surface area contributed by atoms with Crippen LogP contribution in [0.2, 0.25) is 0 Å². The lowest BCUT2D eigenvalue weighted by atomic mass is 9.68. The van der Waals surface area contributed by atoms with Crippen LogP contribution in [0.1, 0.15) is 6.92 Å². The molecule has 0 aromatic heterocycles. The Bertz CT molecular complexity index is 481. The molecule has 0 aliphatic carbocycles. The molecule has 18 heavy (non-hydrogen) atoms. The maximum atomic E-state index is 5.90. The van der Waals surface area contributed by atoms with Crippen LogP contribution in [0.3, 0.4) is 0 Å². The van der Waals surface area contributed by atoms with Gasteiger partial charge >= 0.3 is 7.12 Å². The molecular formula is C13H16BNO3. The van der Waals surface area contributed by atoms with Gasteiger partial charge in [-0.1, -0.05) is 12.7 Å². The maximum Gasteiger partial charge on any atom is 0.495 e. The molecule has 94 valence electrons. The van der Waals surface area contributed by atoms with E-state index in [0.29, 0.717) is 13.2 Å². The van der Waals surface area contributed by atoms with Crippen molar-refractivity contribution in [2.45, 2.75) is 19.1 Å². The predicted molar refractivity (Wildman–Crippen MR) is 69.6 cm³/mol. The summed E-state index contributed by atoms with van der Waals surface area (Å²) in [5.74, 6) is 0. The fourth-order valence-electron chi connectivity index (χ4n) is 2.72. The van der Waals surface area contributed by atoms with Crippen molar-refractivity contribution in [3.05, 3.63) is 47.2 Å². The van der Waals surface area contributed by atoms with Gasteiger partial charge in [0.1, 0.15) is 6.61 Å². The summed E-state index contributed by atoms with van der Waals surface area (Å²) in [7, 11) is -0.325. The fraction of sp³-hybridized carbons (Fsp3) is 0.385. The quantitative estimate of drug-likeness (QED) is 0.740. The third kappa shape index (κ3) is 1.59. The molecule has 3 aliphatic heterocycles. The Balaban J connectivity index is 2.18. The monoisotopic (exact) mass is 245 g/mol. The second kappa shape index (κ2) is 4.42. The number of nitrogens with two attached hydrogens (primary N) is 1. The van der Waals surface area contributed by atoms with Crippen LogP contribution in [0.5, 0.6) is 0 Å². The van der Waals surface area contributed by atoms with E-state index in [1.54, 1.807) is 6.26 Å². The molecule has 3 rings (SSSR count). The molecule has 0 amide bonds. The van der Waals surface area contributed by atoms with Crippen LogP contribution in [0, 0.1) is 0 Å². The highest BCUT2D eigenvalue weighted by Gasteiger charge is 2.45. The third-order valence-corrected chi connectivity index (χ3v) is 3.64. The fourth-order valence-corrected chi connectivity index (χ4v) is 2.72. The Hall–Kier alpha value is -1.30. The third-order valence-electron chi connectivity index (χ3n) is 3.64. The van der Waals surface area contributed by atoms with E-state index in [1.807, 2.05) is 19.1 Å². The van der Waals surface area contributed by atoms with Crippen LogP contribution >= 0.6 is 0 Å². The normalized spacial score (nSPS) is 30.2. The first kappa shape index (κ1) is 11.8. The summed E-state index contributed by atoms with van der Waals surface area (Å²) in [5.41, 5.74) is 10.1. The Morgan fingerprint density at radius 1 is 1.56 bits per heavy atom. The number of allylic oxidation sites excluding steroid dienone is 3. The number of hydrogen-bond donors (Lipinski definition) is 1. The van der Waals surface area contributed by atoms with Crippen molar-refractivity contribution in [2.24, 2.45) is 5.73 Å². The molecule has 5 heteroatoms. The molecule has 1 unspecified atom stereocenters. The standard InChI is InChI=1S/C13H16BNO3/c1-3-9-10-4-5-16-7-11-8(2)17-14(13(10)11)18-12(9)6-15/h3-5,8,12H,1,6-7,15H2,2H3/t8?,12-/m1/s1. The van der Waals surface area contributed by atoms with E-state index in [-0.39, 0.29) is 19.3 Å². The second-order valence-corrected chi connectivity index (χ2v) is 4.60. The molecule has 4 nitrogen and oxygen atoms in total. The molecule has 0 radical (unpaired) electrons. The lowest BCUT2D eigenvalue weighted by molar-refractivity contribution is 0.148. The summed E-state index contributed by atoms with van der Waals surface area (Å²) in [4.78, 5) is 0. The van der Waals surface area contributed by atoms with Crippen molar-refractivity contribution in [3.8, 4) is 0 Å². The zero-order valence-electron chi connectivity index (χ0n) is 10.4. The smallest absolute Gasteiger partial charge is 0.495 e. The van der Waals surface area contributed by atoms with E-state index >= 15 is 0 Å². The van der Waals surface area contributed by atoms with E-state index in [9.17, 15) is 0 Å². The van der Waals surface area contributed by atoms with Gasteiger partial charge in [-0.2, -0.15) is 0 Å².